The number of nitro benzene ring substituents is 1. The molecule has 1 amide bonds. The third-order valence-electron chi connectivity index (χ3n) is 3.71. The molecule has 124 valence electrons. The van der Waals surface area contributed by atoms with Gasteiger partial charge in [-0.05, 0) is 18.2 Å². The number of benzene rings is 1. The van der Waals surface area contributed by atoms with E-state index in [0.717, 1.165) is 0 Å². The Kier molecular flexibility index (Phi) is 4.28. The molecule has 1 atom stereocenters. The molecule has 8 heteroatoms. The Morgan fingerprint density at radius 3 is 2.88 bits per heavy atom. The van der Waals surface area contributed by atoms with Crippen LogP contribution in [0.3, 0.4) is 0 Å². The Bertz CT molecular complexity index is 785. The molecular formula is C16H15N3O5. The number of oxime groups is 1. The smallest absolute Gasteiger partial charge is 0.278 e. The molecule has 0 radical (unpaired) electrons. The van der Waals surface area contributed by atoms with Crippen LogP contribution in [0.5, 0.6) is 0 Å². The van der Waals surface area contributed by atoms with Gasteiger partial charge in [0.15, 0.2) is 0 Å². The molecule has 0 saturated carbocycles. The van der Waals surface area contributed by atoms with Crippen LogP contribution < -0.4 is 0 Å². The number of likely N-dealkylation sites (N-methyl/N-ethyl adjacent to an activating group) is 1. The van der Waals surface area contributed by atoms with Crippen LogP contribution in [-0.2, 0) is 16.2 Å². The van der Waals surface area contributed by atoms with Gasteiger partial charge in [-0.3, -0.25) is 14.9 Å². The van der Waals surface area contributed by atoms with Crippen molar-refractivity contribution < 1.29 is 19.0 Å². The molecule has 0 spiro atoms. The molecular weight excluding hydrogens is 314 g/mol. The van der Waals surface area contributed by atoms with Crippen LogP contribution in [0.25, 0.3) is 0 Å². The van der Waals surface area contributed by atoms with Gasteiger partial charge in [0.2, 0.25) is 6.10 Å². The van der Waals surface area contributed by atoms with E-state index in [1.54, 1.807) is 37.4 Å². The first-order valence-electron chi connectivity index (χ1n) is 7.30. The maximum absolute atomic E-state index is 12.4. The summed E-state index contributed by atoms with van der Waals surface area (Å²) in [6.07, 6.45) is 0.932. The summed E-state index contributed by atoms with van der Waals surface area (Å²) >= 11 is 0. The minimum absolute atomic E-state index is 0.0584. The summed E-state index contributed by atoms with van der Waals surface area (Å²) in [5, 5.41) is 15.0. The van der Waals surface area contributed by atoms with E-state index in [9.17, 15) is 14.9 Å². The Morgan fingerprint density at radius 1 is 1.38 bits per heavy atom. The van der Waals surface area contributed by atoms with E-state index in [1.165, 1.54) is 17.2 Å². The van der Waals surface area contributed by atoms with Crippen molar-refractivity contribution in [3.05, 3.63) is 64.1 Å². The fourth-order valence-corrected chi connectivity index (χ4v) is 2.51. The lowest BCUT2D eigenvalue weighted by Gasteiger charge is -2.18. The van der Waals surface area contributed by atoms with Gasteiger partial charge >= 0.3 is 0 Å². The van der Waals surface area contributed by atoms with Gasteiger partial charge < -0.3 is 14.2 Å². The minimum Gasteiger partial charge on any atom is -0.467 e. The largest absolute Gasteiger partial charge is 0.467 e. The van der Waals surface area contributed by atoms with Crippen molar-refractivity contribution in [3.8, 4) is 0 Å². The van der Waals surface area contributed by atoms with Crippen molar-refractivity contribution in [2.24, 2.45) is 5.16 Å². The first kappa shape index (κ1) is 15.7. The number of para-hydroxylation sites is 1. The summed E-state index contributed by atoms with van der Waals surface area (Å²) in [6.45, 7) is 0.312. The van der Waals surface area contributed by atoms with Gasteiger partial charge in [-0.15, -0.1) is 0 Å². The van der Waals surface area contributed by atoms with Gasteiger partial charge in [0.1, 0.15) is 5.76 Å². The molecule has 1 aliphatic heterocycles. The van der Waals surface area contributed by atoms with Gasteiger partial charge in [0, 0.05) is 19.5 Å². The summed E-state index contributed by atoms with van der Waals surface area (Å²) < 4.78 is 5.21. The van der Waals surface area contributed by atoms with Crippen LogP contribution in [0.4, 0.5) is 5.69 Å². The molecule has 8 nitrogen and oxygen atoms in total. The van der Waals surface area contributed by atoms with E-state index in [0.29, 0.717) is 23.6 Å². The number of carbonyl (C=O) groups is 1. The minimum atomic E-state index is -0.792. The second-order valence-electron chi connectivity index (χ2n) is 5.38. The highest BCUT2D eigenvalue weighted by atomic mass is 16.6. The highest BCUT2D eigenvalue weighted by Crippen LogP contribution is 2.25. The number of hydrogen-bond acceptors (Lipinski definition) is 6. The molecule has 1 aromatic carbocycles. The molecule has 2 heterocycles. The molecule has 1 unspecified atom stereocenters. The SMILES string of the molecule is CN(Cc1ccco1)C(=O)C1CC(c2ccccc2[N+](=O)[O-])=NO1. The lowest BCUT2D eigenvalue weighted by atomic mass is 10.0. The second-order valence-corrected chi connectivity index (χ2v) is 5.38. The lowest BCUT2D eigenvalue weighted by Crippen LogP contribution is -2.36. The third-order valence-corrected chi connectivity index (χ3v) is 3.71. The van der Waals surface area contributed by atoms with Gasteiger partial charge in [-0.25, -0.2) is 0 Å². The number of nitrogens with zero attached hydrogens (tertiary/aromatic N) is 3. The lowest BCUT2D eigenvalue weighted by molar-refractivity contribution is -0.385. The predicted molar refractivity (Wildman–Crippen MR) is 84.3 cm³/mol. The topological polar surface area (TPSA) is 98.2 Å². The van der Waals surface area contributed by atoms with Crippen molar-refractivity contribution in [1.82, 2.24) is 4.90 Å². The molecule has 3 rings (SSSR count). The van der Waals surface area contributed by atoms with Crippen molar-refractivity contribution in [1.29, 1.82) is 0 Å². The fourth-order valence-electron chi connectivity index (χ4n) is 2.51. The van der Waals surface area contributed by atoms with Crippen LogP contribution in [-0.4, -0.2) is 34.6 Å². The zero-order chi connectivity index (χ0) is 17.1. The molecule has 0 fully saturated rings. The summed E-state index contributed by atoms with van der Waals surface area (Å²) in [5.41, 5.74) is 0.704. The van der Waals surface area contributed by atoms with Crippen molar-refractivity contribution >= 4 is 17.3 Å². The van der Waals surface area contributed by atoms with E-state index < -0.39 is 11.0 Å². The highest BCUT2D eigenvalue weighted by Gasteiger charge is 2.33. The Morgan fingerprint density at radius 2 is 2.17 bits per heavy atom. The van der Waals surface area contributed by atoms with Crippen molar-refractivity contribution in [2.75, 3.05) is 7.05 Å². The quantitative estimate of drug-likeness (QED) is 0.619. The Balaban J connectivity index is 1.68. The number of rotatable bonds is 5. The van der Waals surface area contributed by atoms with E-state index in [1.807, 2.05) is 0 Å². The first-order chi connectivity index (χ1) is 11.6. The van der Waals surface area contributed by atoms with Crippen LogP contribution >= 0.6 is 0 Å². The van der Waals surface area contributed by atoms with Gasteiger partial charge in [-0.1, -0.05) is 17.3 Å². The summed E-state index contributed by atoms with van der Waals surface area (Å²) in [5.74, 6) is 0.396. The number of nitro groups is 1. The Labute approximate surface area is 137 Å². The average molecular weight is 329 g/mol. The van der Waals surface area contributed by atoms with Crippen LogP contribution in [0.1, 0.15) is 17.7 Å². The molecule has 0 aliphatic carbocycles. The summed E-state index contributed by atoms with van der Waals surface area (Å²) in [7, 11) is 1.64. The van der Waals surface area contributed by atoms with Crippen molar-refractivity contribution in [3.63, 3.8) is 0 Å². The second kappa shape index (κ2) is 6.53. The van der Waals surface area contributed by atoms with E-state index in [-0.39, 0.29) is 18.0 Å². The van der Waals surface area contributed by atoms with E-state index >= 15 is 0 Å². The summed E-state index contributed by atoms with van der Waals surface area (Å²) in [4.78, 5) is 29.7. The monoisotopic (exact) mass is 329 g/mol. The van der Waals surface area contributed by atoms with Gasteiger partial charge in [0.05, 0.1) is 29.0 Å². The standard InChI is InChI=1S/C16H15N3O5/c1-18(10-11-5-4-8-23-11)16(20)15-9-13(17-24-15)12-6-2-3-7-14(12)19(21)22/h2-8,15H,9-10H2,1H3. The summed E-state index contributed by atoms with van der Waals surface area (Å²) in [6, 6.07) is 9.78. The maximum Gasteiger partial charge on any atom is 0.278 e. The molecule has 1 aliphatic rings. The molecule has 1 aromatic heterocycles. The molecule has 0 N–H and O–H groups in total. The Hall–Kier alpha value is -3.16. The van der Waals surface area contributed by atoms with Crippen LogP contribution in [0, 0.1) is 10.1 Å². The number of hydrogen-bond donors (Lipinski definition) is 0. The zero-order valence-electron chi connectivity index (χ0n) is 12.9. The van der Waals surface area contributed by atoms with E-state index in [4.69, 9.17) is 9.25 Å². The molecule has 24 heavy (non-hydrogen) atoms. The number of carbonyl (C=O) groups excluding carboxylic acids is 1. The normalized spacial score (nSPS) is 16.4. The predicted octanol–water partition coefficient (Wildman–Crippen LogP) is 2.34. The fraction of sp³-hybridized carbons (Fsp3) is 0.250. The highest BCUT2D eigenvalue weighted by molar-refractivity contribution is 6.06. The maximum atomic E-state index is 12.4. The van der Waals surface area contributed by atoms with Gasteiger partial charge in [-0.2, -0.15) is 0 Å². The number of furan rings is 1. The van der Waals surface area contributed by atoms with Crippen molar-refractivity contribution in [2.45, 2.75) is 19.1 Å². The molecule has 0 saturated heterocycles. The number of amides is 1. The molecule has 0 bridgehead atoms. The first-order valence-corrected chi connectivity index (χ1v) is 7.30. The van der Waals surface area contributed by atoms with Gasteiger partial charge in [0.25, 0.3) is 11.6 Å². The van der Waals surface area contributed by atoms with Crippen LogP contribution in [0.2, 0.25) is 0 Å². The average Bonchev–Trinajstić information content (AvgIpc) is 3.25. The van der Waals surface area contributed by atoms with Crippen LogP contribution in [0.15, 0.2) is 52.2 Å². The third kappa shape index (κ3) is 3.12. The zero-order valence-corrected chi connectivity index (χ0v) is 12.9. The molecule has 2 aromatic rings. The van der Waals surface area contributed by atoms with E-state index in [2.05, 4.69) is 5.16 Å².